The Bertz CT molecular complexity index is 592. The topological polar surface area (TPSA) is 40.6 Å². The fourth-order valence-corrected chi connectivity index (χ4v) is 4.06. The van der Waals surface area contributed by atoms with Gasteiger partial charge >= 0.3 is 0 Å². The summed E-state index contributed by atoms with van der Waals surface area (Å²) in [7, 11) is 0.296. The lowest BCUT2D eigenvalue weighted by molar-refractivity contribution is 0.302. The molecule has 7 heteroatoms. The number of likely N-dealkylation sites (N-methyl/N-ethyl adjacent to an activating group) is 1. The third-order valence-electron chi connectivity index (χ3n) is 3.66. The zero-order valence-electron chi connectivity index (χ0n) is 11.5. The summed E-state index contributed by atoms with van der Waals surface area (Å²) >= 11 is 5.62. The first kappa shape index (κ1) is 15.7. The summed E-state index contributed by atoms with van der Waals surface area (Å²) in [4.78, 5) is 2.12. The van der Waals surface area contributed by atoms with E-state index in [4.69, 9.17) is 11.6 Å². The standard InChI is InChI=1S/C13H18ClFN2O2S/c1-16(2)11-5-6-17(9-11)20(18,19)12-3-4-13(15)10(7-12)8-14/h3-4,7,11H,5-6,8-9H2,1-2H3. The molecular weight excluding hydrogens is 303 g/mol. The quantitative estimate of drug-likeness (QED) is 0.796. The molecule has 1 unspecified atom stereocenters. The number of benzene rings is 1. The van der Waals surface area contributed by atoms with Crippen LogP contribution in [0.3, 0.4) is 0 Å². The first-order chi connectivity index (χ1) is 9.36. The fraction of sp³-hybridized carbons (Fsp3) is 0.538. The molecule has 0 amide bonds. The largest absolute Gasteiger partial charge is 0.305 e. The van der Waals surface area contributed by atoms with Crippen LogP contribution in [-0.2, 0) is 15.9 Å². The molecule has 1 heterocycles. The molecule has 4 nitrogen and oxygen atoms in total. The van der Waals surface area contributed by atoms with Crippen molar-refractivity contribution in [2.45, 2.75) is 23.2 Å². The molecule has 1 aliphatic rings. The molecule has 1 aromatic carbocycles. The predicted octanol–water partition coefficient (Wildman–Crippen LogP) is 1.89. The summed E-state index contributed by atoms with van der Waals surface area (Å²) in [6, 6.07) is 3.99. The number of alkyl halides is 1. The Morgan fingerprint density at radius 3 is 2.70 bits per heavy atom. The maximum absolute atomic E-state index is 13.4. The highest BCUT2D eigenvalue weighted by Gasteiger charge is 2.33. The monoisotopic (exact) mass is 320 g/mol. The minimum atomic E-state index is -3.57. The van der Waals surface area contributed by atoms with Crippen LogP contribution < -0.4 is 0 Å². The molecule has 0 spiro atoms. The molecule has 0 saturated carbocycles. The van der Waals surface area contributed by atoms with Crippen LogP contribution in [0.5, 0.6) is 0 Å². The van der Waals surface area contributed by atoms with Crippen molar-refractivity contribution >= 4 is 21.6 Å². The lowest BCUT2D eigenvalue weighted by Crippen LogP contribution is -2.34. The van der Waals surface area contributed by atoms with E-state index in [1.807, 2.05) is 19.0 Å². The number of halogens is 2. The molecule has 1 atom stereocenters. The van der Waals surface area contributed by atoms with Crippen LogP contribution in [0.1, 0.15) is 12.0 Å². The van der Waals surface area contributed by atoms with Crippen LogP contribution in [0.2, 0.25) is 0 Å². The molecule has 0 N–H and O–H groups in total. The van der Waals surface area contributed by atoms with Crippen LogP contribution in [0.4, 0.5) is 4.39 Å². The van der Waals surface area contributed by atoms with Gasteiger partial charge in [-0.3, -0.25) is 0 Å². The molecule has 0 aromatic heterocycles. The van der Waals surface area contributed by atoms with Crippen molar-refractivity contribution in [2.24, 2.45) is 0 Å². The normalized spacial score (nSPS) is 20.8. The average Bonchev–Trinajstić information content (AvgIpc) is 2.89. The SMILES string of the molecule is CN(C)C1CCN(S(=O)(=O)c2ccc(F)c(CCl)c2)C1. The lowest BCUT2D eigenvalue weighted by atomic mass is 10.2. The second-order valence-electron chi connectivity index (χ2n) is 5.16. The summed E-state index contributed by atoms with van der Waals surface area (Å²) in [6.45, 7) is 0.946. The van der Waals surface area contributed by atoms with E-state index < -0.39 is 15.8 Å². The van der Waals surface area contributed by atoms with Crippen molar-refractivity contribution < 1.29 is 12.8 Å². The zero-order chi connectivity index (χ0) is 14.9. The summed E-state index contributed by atoms with van der Waals surface area (Å²) in [6.07, 6.45) is 0.801. The van der Waals surface area contributed by atoms with Gasteiger partial charge in [0.25, 0.3) is 0 Å². The molecule has 112 valence electrons. The van der Waals surface area contributed by atoms with Gasteiger partial charge in [0.1, 0.15) is 5.82 Å². The average molecular weight is 321 g/mol. The third kappa shape index (κ3) is 2.98. The van der Waals surface area contributed by atoms with E-state index in [0.29, 0.717) is 13.1 Å². The van der Waals surface area contributed by atoms with Crippen molar-refractivity contribution in [1.29, 1.82) is 0 Å². The van der Waals surface area contributed by atoms with Gasteiger partial charge < -0.3 is 4.90 Å². The van der Waals surface area contributed by atoms with Gasteiger partial charge in [0.2, 0.25) is 10.0 Å². The van der Waals surface area contributed by atoms with Crippen LogP contribution in [0.25, 0.3) is 0 Å². The predicted molar refractivity (Wildman–Crippen MR) is 76.8 cm³/mol. The van der Waals surface area contributed by atoms with Gasteiger partial charge in [-0.05, 0) is 38.7 Å². The fourth-order valence-electron chi connectivity index (χ4n) is 2.31. The van der Waals surface area contributed by atoms with Gasteiger partial charge in [-0.1, -0.05) is 0 Å². The van der Waals surface area contributed by atoms with E-state index in [1.165, 1.54) is 16.4 Å². The zero-order valence-corrected chi connectivity index (χ0v) is 13.1. The first-order valence-corrected chi connectivity index (χ1v) is 8.34. The highest BCUT2D eigenvalue weighted by atomic mass is 35.5. The van der Waals surface area contributed by atoms with Crippen LogP contribution in [-0.4, -0.2) is 50.8 Å². The van der Waals surface area contributed by atoms with Crippen molar-refractivity contribution in [2.75, 3.05) is 27.2 Å². The Labute approximate surface area is 124 Å². The highest BCUT2D eigenvalue weighted by molar-refractivity contribution is 7.89. The van der Waals surface area contributed by atoms with E-state index in [2.05, 4.69) is 0 Å². The van der Waals surface area contributed by atoms with Gasteiger partial charge in [-0.15, -0.1) is 11.6 Å². The number of hydrogen-bond donors (Lipinski definition) is 0. The first-order valence-electron chi connectivity index (χ1n) is 6.37. The molecular formula is C13H18ClFN2O2S. The molecule has 0 radical (unpaired) electrons. The summed E-state index contributed by atoms with van der Waals surface area (Å²) in [5.74, 6) is -0.526. The van der Waals surface area contributed by atoms with Gasteiger partial charge in [0.05, 0.1) is 10.8 Å². The Kier molecular flexibility index (Phi) is 4.69. The summed E-state index contributed by atoms with van der Waals surface area (Å²) in [5, 5.41) is 0. The minimum Gasteiger partial charge on any atom is -0.305 e. The molecule has 0 bridgehead atoms. The molecule has 1 aromatic rings. The van der Waals surface area contributed by atoms with E-state index in [-0.39, 0.29) is 22.4 Å². The van der Waals surface area contributed by atoms with Crippen molar-refractivity contribution in [3.05, 3.63) is 29.6 Å². The highest BCUT2D eigenvalue weighted by Crippen LogP contribution is 2.24. The van der Waals surface area contributed by atoms with Gasteiger partial charge in [0.15, 0.2) is 0 Å². The Balaban J connectivity index is 2.27. The van der Waals surface area contributed by atoms with Crippen LogP contribution in [0.15, 0.2) is 23.1 Å². The molecule has 1 aliphatic heterocycles. The second kappa shape index (κ2) is 5.97. The lowest BCUT2D eigenvalue weighted by Gasteiger charge is -2.20. The van der Waals surface area contributed by atoms with E-state index in [0.717, 1.165) is 12.5 Å². The third-order valence-corrected chi connectivity index (χ3v) is 5.80. The minimum absolute atomic E-state index is 0.0461. The summed E-state index contributed by atoms with van der Waals surface area (Å²) in [5.41, 5.74) is 0.205. The molecule has 1 fully saturated rings. The van der Waals surface area contributed by atoms with Crippen molar-refractivity contribution in [3.8, 4) is 0 Å². The van der Waals surface area contributed by atoms with Crippen molar-refractivity contribution in [3.63, 3.8) is 0 Å². The van der Waals surface area contributed by atoms with Crippen LogP contribution in [0, 0.1) is 5.82 Å². The molecule has 0 aliphatic carbocycles. The second-order valence-corrected chi connectivity index (χ2v) is 7.36. The maximum atomic E-state index is 13.4. The maximum Gasteiger partial charge on any atom is 0.243 e. The van der Waals surface area contributed by atoms with Gasteiger partial charge in [-0.2, -0.15) is 4.31 Å². The smallest absolute Gasteiger partial charge is 0.243 e. The van der Waals surface area contributed by atoms with E-state index in [9.17, 15) is 12.8 Å². The van der Waals surface area contributed by atoms with Gasteiger partial charge in [0, 0.05) is 24.7 Å². The Hall–Kier alpha value is -0.690. The van der Waals surface area contributed by atoms with E-state index >= 15 is 0 Å². The molecule has 20 heavy (non-hydrogen) atoms. The number of hydrogen-bond acceptors (Lipinski definition) is 3. The summed E-state index contributed by atoms with van der Waals surface area (Å²) < 4.78 is 39.9. The van der Waals surface area contributed by atoms with Gasteiger partial charge in [-0.25, -0.2) is 12.8 Å². The van der Waals surface area contributed by atoms with Crippen molar-refractivity contribution in [1.82, 2.24) is 9.21 Å². The molecule has 2 rings (SSSR count). The van der Waals surface area contributed by atoms with E-state index in [1.54, 1.807) is 0 Å². The number of rotatable bonds is 4. The van der Waals surface area contributed by atoms with Crippen LogP contribution >= 0.6 is 11.6 Å². The Morgan fingerprint density at radius 2 is 2.15 bits per heavy atom. The molecule has 1 saturated heterocycles. The number of nitrogens with zero attached hydrogens (tertiary/aromatic N) is 2. The number of sulfonamides is 1. The Morgan fingerprint density at radius 1 is 1.45 bits per heavy atom.